The van der Waals surface area contributed by atoms with Crippen molar-refractivity contribution in [3.63, 3.8) is 0 Å². The molecule has 0 aliphatic carbocycles. The molecular weight excluding hydrogens is 338 g/mol. The molecule has 0 radical (unpaired) electrons. The number of aryl methyl sites for hydroxylation is 2. The lowest BCUT2D eigenvalue weighted by molar-refractivity contribution is -0.144. The summed E-state index contributed by atoms with van der Waals surface area (Å²) in [7, 11) is -3.01. The average molecular weight is 357 g/mol. The Kier molecular flexibility index (Phi) is 5.34. The topological polar surface area (TPSA) is 131 Å². The quantitative estimate of drug-likeness (QED) is 0.731. The van der Waals surface area contributed by atoms with Crippen molar-refractivity contribution in [2.24, 2.45) is 0 Å². The smallest absolute Gasteiger partial charge is 0.336 e. The van der Waals surface area contributed by atoms with Crippen molar-refractivity contribution >= 4 is 28.2 Å². The molecule has 0 saturated carbocycles. The summed E-state index contributed by atoms with van der Waals surface area (Å²) in [5.41, 5.74) is 1.26. The molecule has 1 atom stereocenters. The number of nitrogens with one attached hydrogen (secondary N) is 2. The van der Waals surface area contributed by atoms with Crippen molar-refractivity contribution in [2.45, 2.75) is 32.7 Å². The molecule has 1 aromatic rings. The van der Waals surface area contributed by atoms with Crippen LogP contribution in [0.4, 0.5) is 10.7 Å². The fourth-order valence-corrected chi connectivity index (χ4v) is 3.78. The number of hydrogen-bond acceptors (Lipinski definition) is 7. The molecule has 1 fully saturated rings. The Labute approximate surface area is 139 Å². The highest BCUT2D eigenvalue weighted by Crippen LogP contribution is 2.21. The van der Waals surface area contributed by atoms with E-state index in [2.05, 4.69) is 20.0 Å². The van der Waals surface area contributed by atoms with Gasteiger partial charge in [0.25, 0.3) is 0 Å². The number of nitrogens with zero attached hydrogens (tertiary/aromatic N) is 3. The molecule has 0 spiro atoms. The van der Waals surface area contributed by atoms with Crippen LogP contribution >= 0.6 is 0 Å². The monoisotopic (exact) mass is 357 g/mol. The highest BCUT2D eigenvalue weighted by Gasteiger charge is 2.40. The second-order valence-corrected chi connectivity index (χ2v) is 6.95. The molecule has 2 heterocycles. The van der Waals surface area contributed by atoms with Crippen molar-refractivity contribution in [3.05, 3.63) is 17.5 Å². The number of rotatable bonds is 4. The Morgan fingerprint density at radius 2 is 1.92 bits per heavy atom. The highest BCUT2D eigenvalue weighted by molar-refractivity contribution is 7.87. The Hall–Kier alpha value is -2.27. The fraction of sp³-hybridized carbons (Fsp3) is 0.538. The van der Waals surface area contributed by atoms with Gasteiger partial charge < -0.3 is 4.74 Å². The van der Waals surface area contributed by atoms with Gasteiger partial charge in [0.1, 0.15) is 6.04 Å². The first kappa shape index (κ1) is 18.1. The molecule has 2 rings (SSSR count). The summed E-state index contributed by atoms with van der Waals surface area (Å²) in [4.78, 5) is 31.6. The molecule has 2 amide bonds. The van der Waals surface area contributed by atoms with Gasteiger partial charge in [0.05, 0.1) is 7.11 Å². The maximum Gasteiger partial charge on any atom is 0.336 e. The minimum atomic E-state index is -4.19. The molecule has 1 aliphatic rings. The van der Waals surface area contributed by atoms with Crippen LogP contribution in [0.15, 0.2) is 6.07 Å². The fourth-order valence-electron chi connectivity index (χ4n) is 2.48. The van der Waals surface area contributed by atoms with Gasteiger partial charge in [0, 0.05) is 17.9 Å². The summed E-state index contributed by atoms with van der Waals surface area (Å²) in [6, 6.07) is -0.223. The van der Waals surface area contributed by atoms with Gasteiger partial charge in [-0.15, -0.1) is 0 Å². The lowest BCUT2D eigenvalue weighted by Gasteiger charge is -2.22. The Balaban J connectivity index is 2.08. The van der Waals surface area contributed by atoms with Gasteiger partial charge in [-0.05, 0) is 32.8 Å². The van der Waals surface area contributed by atoms with Crippen molar-refractivity contribution in [1.29, 1.82) is 0 Å². The zero-order valence-electron chi connectivity index (χ0n) is 13.6. The third-order valence-corrected chi connectivity index (χ3v) is 4.91. The Morgan fingerprint density at radius 3 is 2.50 bits per heavy atom. The average Bonchev–Trinajstić information content (AvgIpc) is 2.94. The van der Waals surface area contributed by atoms with E-state index in [4.69, 9.17) is 0 Å². The van der Waals surface area contributed by atoms with E-state index in [1.807, 2.05) is 4.72 Å². The Morgan fingerprint density at radius 1 is 1.29 bits per heavy atom. The number of urea groups is 1. The summed E-state index contributed by atoms with van der Waals surface area (Å²) < 4.78 is 32.0. The molecule has 1 saturated heterocycles. The van der Waals surface area contributed by atoms with Crippen LogP contribution in [0, 0.1) is 13.8 Å². The SMILES string of the molecule is COC(=O)[C@@H]1CCCN1S(=O)(=O)NC(=O)Nc1nc(C)cc(C)n1. The number of anilines is 1. The number of aromatic nitrogens is 2. The largest absolute Gasteiger partial charge is 0.468 e. The number of hydrogen-bond donors (Lipinski definition) is 2. The molecule has 24 heavy (non-hydrogen) atoms. The summed E-state index contributed by atoms with van der Waals surface area (Å²) in [5.74, 6) is -0.665. The molecule has 0 unspecified atom stereocenters. The molecule has 2 N–H and O–H groups in total. The van der Waals surface area contributed by atoms with Crippen LogP contribution in [0.3, 0.4) is 0 Å². The molecule has 0 aromatic carbocycles. The van der Waals surface area contributed by atoms with E-state index in [0.29, 0.717) is 24.2 Å². The number of amides is 2. The molecule has 10 nitrogen and oxygen atoms in total. The molecule has 0 bridgehead atoms. The van der Waals surface area contributed by atoms with Crippen molar-refractivity contribution in [3.8, 4) is 0 Å². The van der Waals surface area contributed by atoms with Gasteiger partial charge >= 0.3 is 22.2 Å². The zero-order chi connectivity index (χ0) is 17.9. The van der Waals surface area contributed by atoms with E-state index in [-0.39, 0.29) is 12.5 Å². The van der Waals surface area contributed by atoms with Crippen molar-refractivity contribution < 1.29 is 22.7 Å². The van der Waals surface area contributed by atoms with E-state index in [0.717, 1.165) is 4.31 Å². The van der Waals surface area contributed by atoms with Gasteiger partial charge in [-0.2, -0.15) is 12.7 Å². The molecule has 132 valence electrons. The van der Waals surface area contributed by atoms with Gasteiger partial charge in [-0.3, -0.25) is 10.1 Å². The Bertz CT molecular complexity index is 731. The van der Waals surface area contributed by atoms with E-state index < -0.39 is 28.3 Å². The second kappa shape index (κ2) is 7.09. The predicted molar refractivity (Wildman–Crippen MR) is 84.3 cm³/mol. The maximum absolute atomic E-state index is 12.3. The van der Waals surface area contributed by atoms with Crippen molar-refractivity contribution in [1.82, 2.24) is 19.0 Å². The molecule has 1 aromatic heterocycles. The predicted octanol–water partition coefficient (Wildman–Crippen LogP) is 0.0971. The van der Waals surface area contributed by atoms with E-state index in [1.165, 1.54) is 7.11 Å². The van der Waals surface area contributed by atoms with Crippen LogP contribution < -0.4 is 10.0 Å². The van der Waals surface area contributed by atoms with Crippen molar-refractivity contribution in [2.75, 3.05) is 19.0 Å². The van der Waals surface area contributed by atoms with E-state index in [9.17, 15) is 18.0 Å². The van der Waals surface area contributed by atoms with Crippen LogP contribution in [0.25, 0.3) is 0 Å². The van der Waals surface area contributed by atoms with Crippen LogP contribution in [-0.4, -0.2) is 54.4 Å². The van der Waals surface area contributed by atoms with Crippen LogP contribution in [-0.2, 0) is 19.7 Å². The second-order valence-electron chi connectivity index (χ2n) is 5.33. The van der Waals surface area contributed by atoms with Gasteiger partial charge in [-0.25, -0.2) is 19.5 Å². The lowest BCUT2D eigenvalue weighted by atomic mass is 10.2. The lowest BCUT2D eigenvalue weighted by Crippen LogP contribution is -2.49. The molecular formula is C13H19N5O5S. The summed E-state index contributed by atoms with van der Waals surface area (Å²) in [5, 5.41) is 2.27. The van der Waals surface area contributed by atoms with E-state index in [1.54, 1.807) is 19.9 Å². The summed E-state index contributed by atoms with van der Waals surface area (Å²) >= 11 is 0. The van der Waals surface area contributed by atoms with Gasteiger partial charge in [0.15, 0.2) is 0 Å². The molecule has 1 aliphatic heterocycles. The third kappa shape index (κ3) is 4.17. The number of methoxy groups -OCH3 is 1. The van der Waals surface area contributed by atoms with Gasteiger partial charge in [0.2, 0.25) is 5.95 Å². The number of ether oxygens (including phenoxy) is 1. The number of carbonyl (C=O) groups excluding carboxylic acids is 2. The third-order valence-electron chi connectivity index (χ3n) is 3.41. The minimum Gasteiger partial charge on any atom is -0.468 e. The first-order valence-electron chi connectivity index (χ1n) is 7.23. The molecule has 11 heteroatoms. The first-order valence-corrected chi connectivity index (χ1v) is 8.67. The maximum atomic E-state index is 12.3. The first-order chi connectivity index (χ1) is 11.2. The number of esters is 1. The highest BCUT2D eigenvalue weighted by atomic mass is 32.2. The van der Waals surface area contributed by atoms with Crippen LogP contribution in [0.2, 0.25) is 0 Å². The summed E-state index contributed by atoms with van der Waals surface area (Å²) in [6.07, 6.45) is 0.845. The standard InChI is InChI=1S/C13H19N5O5S/c1-8-7-9(2)15-12(14-8)16-13(20)17-24(21,22)18-6-4-5-10(18)11(19)23-3/h7,10H,4-6H2,1-3H3,(H2,14,15,16,17,20)/t10-/m0/s1. The van der Waals surface area contributed by atoms with Crippen LogP contribution in [0.5, 0.6) is 0 Å². The van der Waals surface area contributed by atoms with Crippen LogP contribution in [0.1, 0.15) is 24.2 Å². The zero-order valence-corrected chi connectivity index (χ0v) is 14.4. The van der Waals surface area contributed by atoms with E-state index >= 15 is 0 Å². The normalized spacial score (nSPS) is 18.2. The minimum absolute atomic E-state index is 0.00820. The number of carbonyl (C=O) groups is 2. The summed E-state index contributed by atoms with van der Waals surface area (Å²) in [6.45, 7) is 3.57. The van der Waals surface area contributed by atoms with Gasteiger partial charge in [-0.1, -0.05) is 0 Å².